The molecule has 14 heteroatoms. The summed E-state index contributed by atoms with van der Waals surface area (Å²) in [4.78, 5) is 45.6. The highest BCUT2D eigenvalue weighted by Crippen LogP contribution is 2.48. The number of carbonyl (C=O) groups excluding carboxylic acids is 2. The third-order valence-corrected chi connectivity index (χ3v) is 12.0. The molecule has 2 aliphatic rings. The Kier molecular flexibility index (Phi) is 12.1. The molecule has 4 N–H and O–H groups in total. The van der Waals surface area contributed by atoms with E-state index in [1.807, 2.05) is 52.9 Å². The van der Waals surface area contributed by atoms with Crippen LogP contribution in [0, 0.1) is 25.6 Å². The third-order valence-electron chi connectivity index (χ3n) is 10.8. The van der Waals surface area contributed by atoms with Crippen molar-refractivity contribution in [1.82, 2.24) is 40.0 Å². The number of aromatic nitrogens is 5. The molecule has 6 heterocycles. The Labute approximate surface area is 342 Å². The summed E-state index contributed by atoms with van der Waals surface area (Å²) >= 11 is 1.68. The molecule has 58 heavy (non-hydrogen) atoms. The number of rotatable bonds is 11. The Morgan fingerprint density at radius 3 is 2.53 bits per heavy atom. The molecule has 2 aliphatic heterocycles. The van der Waals surface area contributed by atoms with E-state index in [0.29, 0.717) is 41.4 Å². The summed E-state index contributed by atoms with van der Waals surface area (Å²) in [6, 6.07) is 13.3. The van der Waals surface area contributed by atoms with Gasteiger partial charge in [0, 0.05) is 27.9 Å². The Morgan fingerprint density at radius 1 is 1.07 bits per heavy atom. The molecule has 0 bridgehead atoms. The molecular weight excluding hydrogens is 756 g/mol. The molecule has 6 aromatic rings. The predicted octanol–water partition coefficient (Wildman–Crippen LogP) is 9.42. The summed E-state index contributed by atoms with van der Waals surface area (Å²) in [6.07, 6.45) is 5.25. The van der Waals surface area contributed by atoms with Crippen LogP contribution in [0.1, 0.15) is 93.1 Å². The van der Waals surface area contributed by atoms with Crippen molar-refractivity contribution >= 4 is 34.2 Å². The SMILES string of the molecule is CC.CCCN(Cc1ncc(-c2cc(F)c3c(c2)OC(c2cc(C)c(C)s2)n2c-3cc3cc(-c4cnc(C5CCCN5)[nH]4)ccc32)[nH]1)C(=O)C(NC(=O)OC)C(C)C. The van der Waals surface area contributed by atoms with Gasteiger partial charge in [0.15, 0.2) is 0 Å². The van der Waals surface area contributed by atoms with Crippen LogP contribution >= 0.6 is 11.3 Å². The van der Waals surface area contributed by atoms with Crippen LogP contribution in [0.3, 0.4) is 0 Å². The number of carbonyl (C=O) groups is 2. The molecule has 0 aliphatic carbocycles. The highest BCUT2D eigenvalue weighted by Gasteiger charge is 2.34. The lowest BCUT2D eigenvalue weighted by atomic mass is 10.0. The minimum absolute atomic E-state index is 0.165. The first-order chi connectivity index (χ1) is 28.0. The second-order valence-electron chi connectivity index (χ2n) is 15.1. The van der Waals surface area contributed by atoms with E-state index >= 15 is 4.39 Å². The molecule has 3 atom stereocenters. The summed E-state index contributed by atoms with van der Waals surface area (Å²) < 4.78 is 30.3. The van der Waals surface area contributed by atoms with E-state index in [1.54, 1.807) is 22.4 Å². The maximum Gasteiger partial charge on any atom is 0.407 e. The quantitative estimate of drug-likeness (QED) is 0.102. The number of benzene rings is 2. The number of thiophene rings is 1. The van der Waals surface area contributed by atoms with Gasteiger partial charge in [-0.05, 0) is 87.5 Å². The Morgan fingerprint density at radius 2 is 1.84 bits per heavy atom. The van der Waals surface area contributed by atoms with E-state index in [2.05, 4.69) is 73.2 Å². The zero-order valence-electron chi connectivity index (χ0n) is 34.5. The van der Waals surface area contributed by atoms with Gasteiger partial charge in [-0.2, -0.15) is 0 Å². The van der Waals surface area contributed by atoms with Gasteiger partial charge in [-0.25, -0.2) is 19.2 Å². The number of amides is 2. The van der Waals surface area contributed by atoms with Crippen molar-refractivity contribution in [3.05, 3.63) is 87.6 Å². The standard InChI is InChI=1S/C42H47FN8O4S.C2H6/c1-7-13-50(40(52)38(22(2)3)49-42(53)54-6)21-36-45-19-31(47-36)26-16-28(43)37-33-17-27-15-25(30-20-46-39(48-30)29-9-8-12-44-29)10-11-32(27)51(33)41(55-34(37)18-26)35-14-23(4)24(5)56-35;1-2/h10-11,14-20,22,29,38,41,44H,7-9,12-13,21H2,1-6H3,(H,45,47)(H,46,48)(H,49,53);1-2H3. The van der Waals surface area contributed by atoms with E-state index in [0.717, 1.165) is 57.9 Å². The monoisotopic (exact) mass is 808 g/mol. The lowest BCUT2D eigenvalue weighted by molar-refractivity contribution is -0.135. The zero-order valence-corrected chi connectivity index (χ0v) is 35.3. The summed E-state index contributed by atoms with van der Waals surface area (Å²) in [5.41, 5.74) is 6.33. The van der Waals surface area contributed by atoms with Gasteiger partial charge in [0.05, 0.1) is 65.1 Å². The first-order valence-corrected chi connectivity index (χ1v) is 21.0. The van der Waals surface area contributed by atoms with Gasteiger partial charge in [-0.1, -0.05) is 40.7 Å². The molecule has 3 unspecified atom stereocenters. The zero-order chi connectivity index (χ0) is 41.2. The molecule has 12 nitrogen and oxygen atoms in total. The lowest BCUT2D eigenvalue weighted by Crippen LogP contribution is -2.51. The predicted molar refractivity (Wildman–Crippen MR) is 226 cm³/mol. The van der Waals surface area contributed by atoms with Crippen LogP contribution < -0.4 is 15.4 Å². The van der Waals surface area contributed by atoms with Crippen molar-refractivity contribution in [1.29, 1.82) is 0 Å². The average molecular weight is 809 g/mol. The number of imidazole rings is 2. The summed E-state index contributed by atoms with van der Waals surface area (Å²) in [7, 11) is 1.27. The number of alkyl carbamates (subject to hydrolysis) is 1. The van der Waals surface area contributed by atoms with Gasteiger partial charge in [-0.3, -0.25) is 9.36 Å². The number of nitrogens with zero attached hydrogens (tertiary/aromatic N) is 4. The Hall–Kier alpha value is -5.47. The maximum atomic E-state index is 16.6. The van der Waals surface area contributed by atoms with Gasteiger partial charge in [0.25, 0.3) is 0 Å². The molecular formula is C44H53FN8O4S. The number of methoxy groups -OCH3 is 1. The van der Waals surface area contributed by atoms with E-state index in [1.165, 1.54) is 23.6 Å². The van der Waals surface area contributed by atoms with Gasteiger partial charge in [0.1, 0.15) is 29.3 Å². The van der Waals surface area contributed by atoms with Gasteiger partial charge < -0.3 is 35.0 Å². The average Bonchev–Trinajstić information content (AvgIpc) is 4.07. The first kappa shape index (κ1) is 40.7. The fraction of sp³-hybridized carbons (Fsp3) is 0.409. The highest BCUT2D eigenvalue weighted by molar-refractivity contribution is 7.12. The van der Waals surface area contributed by atoms with E-state index < -0.39 is 24.2 Å². The fourth-order valence-corrected chi connectivity index (χ4v) is 8.85. The smallest absolute Gasteiger partial charge is 0.407 e. The largest absolute Gasteiger partial charge is 0.464 e. The first-order valence-electron chi connectivity index (χ1n) is 20.2. The van der Waals surface area contributed by atoms with Crippen molar-refractivity contribution < 1.29 is 23.5 Å². The second-order valence-corrected chi connectivity index (χ2v) is 16.3. The minimum atomic E-state index is -0.765. The van der Waals surface area contributed by atoms with Crippen LogP contribution in [-0.4, -0.2) is 67.6 Å². The summed E-state index contributed by atoms with van der Waals surface area (Å²) in [6.45, 7) is 15.5. The normalized spacial score (nSPS) is 16.3. The number of ether oxygens (including phenoxy) is 2. The van der Waals surface area contributed by atoms with E-state index in [9.17, 15) is 9.59 Å². The maximum absolute atomic E-state index is 16.6. The van der Waals surface area contributed by atoms with Gasteiger partial charge >= 0.3 is 6.09 Å². The van der Waals surface area contributed by atoms with Crippen LogP contribution in [-0.2, 0) is 16.1 Å². The second kappa shape index (κ2) is 17.2. The molecule has 306 valence electrons. The topological polar surface area (TPSA) is 142 Å². The molecule has 0 spiro atoms. The number of nitrogens with one attached hydrogen (secondary N) is 4. The molecule has 4 aromatic heterocycles. The van der Waals surface area contributed by atoms with Crippen molar-refractivity contribution in [2.24, 2.45) is 5.92 Å². The van der Waals surface area contributed by atoms with Crippen molar-refractivity contribution in [3.63, 3.8) is 0 Å². The van der Waals surface area contributed by atoms with Crippen LogP contribution in [0.4, 0.5) is 9.18 Å². The number of fused-ring (bicyclic) bond motifs is 5. The molecule has 2 aromatic carbocycles. The number of halogens is 1. The van der Waals surface area contributed by atoms with Gasteiger partial charge in [0.2, 0.25) is 12.1 Å². The molecule has 1 fully saturated rings. The number of aryl methyl sites for hydroxylation is 2. The molecule has 0 saturated carbocycles. The number of hydrogen-bond acceptors (Lipinski definition) is 8. The highest BCUT2D eigenvalue weighted by atomic mass is 32.1. The fourth-order valence-electron chi connectivity index (χ4n) is 7.79. The van der Waals surface area contributed by atoms with Crippen LogP contribution in [0.5, 0.6) is 5.75 Å². The number of hydrogen-bond donors (Lipinski definition) is 4. The van der Waals surface area contributed by atoms with E-state index in [-0.39, 0.29) is 24.4 Å². The van der Waals surface area contributed by atoms with Crippen LogP contribution in [0.25, 0.3) is 44.7 Å². The lowest BCUT2D eigenvalue weighted by Gasteiger charge is -2.30. The van der Waals surface area contributed by atoms with Crippen molar-refractivity contribution in [2.45, 2.75) is 92.6 Å². The molecule has 1 saturated heterocycles. The van der Waals surface area contributed by atoms with Crippen LogP contribution in [0.15, 0.2) is 54.9 Å². The molecule has 8 rings (SSSR count). The van der Waals surface area contributed by atoms with E-state index in [4.69, 9.17) is 9.47 Å². The van der Waals surface area contributed by atoms with Crippen molar-refractivity contribution in [3.8, 4) is 39.5 Å². The van der Waals surface area contributed by atoms with Crippen molar-refractivity contribution in [2.75, 3.05) is 20.2 Å². The number of aromatic amines is 2. The summed E-state index contributed by atoms with van der Waals surface area (Å²) in [5.74, 6) is 1.08. The molecule has 0 radical (unpaired) electrons. The Bertz CT molecular complexity index is 2400. The summed E-state index contributed by atoms with van der Waals surface area (Å²) in [5, 5.41) is 7.14. The number of H-pyrrole nitrogens is 2. The van der Waals surface area contributed by atoms with Crippen LogP contribution in [0.2, 0.25) is 0 Å². The third kappa shape index (κ3) is 7.87. The van der Waals surface area contributed by atoms with Gasteiger partial charge in [-0.15, -0.1) is 11.3 Å². The molecule has 2 amide bonds. The Balaban J connectivity index is 0.00000252. The minimum Gasteiger partial charge on any atom is -0.464 e.